The summed E-state index contributed by atoms with van der Waals surface area (Å²) in [5.74, 6) is 0.688. The van der Waals surface area contributed by atoms with Crippen LogP contribution in [-0.4, -0.2) is 43.0 Å². The van der Waals surface area contributed by atoms with Gasteiger partial charge in [0.05, 0.1) is 5.92 Å². The maximum atomic E-state index is 12.2. The smallest absolute Gasteiger partial charge is 0.224 e. The highest BCUT2D eigenvalue weighted by molar-refractivity contribution is 5.79. The van der Waals surface area contributed by atoms with Gasteiger partial charge in [-0.2, -0.15) is 0 Å². The number of nitrogens with two attached hydrogens (primary N) is 1. The lowest BCUT2D eigenvalue weighted by atomic mass is 9.78. The van der Waals surface area contributed by atoms with Crippen LogP contribution in [0, 0.1) is 11.8 Å². The molecule has 3 N–H and O–H groups in total. The van der Waals surface area contributed by atoms with Gasteiger partial charge in [-0.15, -0.1) is 0 Å². The number of nitrogens with one attached hydrogen (secondary N) is 1. The number of piperidine rings is 1. The van der Waals surface area contributed by atoms with Crippen LogP contribution in [-0.2, 0) is 4.79 Å². The van der Waals surface area contributed by atoms with Crippen LogP contribution in [0.4, 0.5) is 0 Å². The molecule has 19 heavy (non-hydrogen) atoms. The highest BCUT2D eigenvalue weighted by atomic mass is 16.1. The third-order valence-corrected chi connectivity index (χ3v) is 4.81. The van der Waals surface area contributed by atoms with Crippen LogP contribution in [0.1, 0.15) is 45.4 Å². The Hall–Kier alpha value is -0.610. The maximum Gasteiger partial charge on any atom is 0.224 e. The summed E-state index contributed by atoms with van der Waals surface area (Å²) in [5.41, 5.74) is 6.17. The normalized spacial score (nSPS) is 33.1. The molecule has 0 radical (unpaired) electrons. The summed E-state index contributed by atoms with van der Waals surface area (Å²) in [6.45, 7) is 6.31. The largest absolute Gasteiger partial charge is 0.355 e. The molecule has 1 amide bonds. The SMILES string of the molecule is CC1CCCC(C(=O)NCCN2CCCCC2)C1N. The lowest BCUT2D eigenvalue weighted by Gasteiger charge is -2.33. The van der Waals surface area contributed by atoms with Crippen molar-refractivity contribution in [2.24, 2.45) is 17.6 Å². The maximum absolute atomic E-state index is 12.2. The van der Waals surface area contributed by atoms with Gasteiger partial charge in [0.2, 0.25) is 5.91 Å². The van der Waals surface area contributed by atoms with Crippen LogP contribution in [0.2, 0.25) is 0 Å². The number of carbonyl (C=O) groups is 1. The first-order chi connectivity index (χ1) is 9.18. The molecule has 1 aliphatic carbocycles. The summed E-state index contributed by atoms with van der Waals surface area (Å²) in [5, 5.41) is 3.09. The van der Waals surface area contributed by atoms with E-state index in [1.165, 1.54) is 38.8 Å². The van der Waals surface area contributed by atoms with Gasteiger partial charge in [-0.1, -0.05) is 19.8 Å². The lowest BCUT2D eigenvalue weighted by Crippen LogP contribution is -2.48. The second-order valence-corrected chi connectivity index (χ2v) is 6.29. The van der Waals surface area contributed by atoms with Gasteiger partial charge in [0.15, 0.2) is 0 Å². The molecule has 4 heteroatoms. The molecule has 1 heterocycles. The summed E-state index contributed by atoms with van der Waals surface area (Å²) >= 11 is 0. The zero-order valence-electron chi connectivity index (χ0n) is 12.2. The van der Waals surface area contributed by atoms with Gasteiger partial charge in [-0.05, 0) is 44.7 Å². The topological polar surface area (TPSA) is 58.4 Å². The van der Waals surface area contributed by atoms with Gasteiger partial charge < -0.3 is 16.0 Å². The van der Waals surface area contributed by atoms with Crippen molar-refractivity contribution in [1.29, 1.82) is 0 Å². The standard InChI is InChI=1S/C15H29N3O/c1-12-6-5-7-13(14(12)16)15(19)17-8-11-18-9-3-2-4-10-18/h12-14H,2-11,16H2,1H3,(H,17,19). The van der Waals surface area contributed by atoms with Crippen molar-refractivity contribution in [2.75, 3.05) is 26.2 Å². The fourth-order valence-corrected chi connectivity index (χ4v) is 3.40. The van der Waals surface area contributed by atoms with Crippen LogP contribution in [0.5, 0.6) is 0 Å². The lowest BCUT2D eigenvalue weighted by molar-refractivity contribution is -0.127. The fraction of sp³-hybridized carbons (Fsp3) is 0.933. The van der Waals surface area contributed by atoms with E-state index in [0.717, 1.165) is 25.9 Å². The van der Waals surface area contributed by atoms with Gasteiger partial charge >= 0.3 is 0 Å². The highest BCUT2D eigenvalue weighted by Gasteiger charge is 2.32. The second kappa shape index (κ2) is 7.25. The van der Waals surface area contributed by atoms with Crippen molar-refractivity contribution >= 4 is 5.91 Å². The van der Waals surface area contributed by atoms with E-state index in [1.54, 1.807) is 0 Å². The minimum absolute atomic E-state index is 0.0325. The van der Waals surface area contributed by atoms with Crippen molar-refractivity contribution in [3.63, 3.8) is 0 Å². The zero-order chi connectivity index (χ0) is 13.7. The molecule has 1 aliphatic heterocycles. The van der Waals surface area contributed by atoms with Crippen LogP contribution >= 0.6 is 0 Å². The third kappa shape index (κ3) is 4.18. The first-order valence-corrected chi connectivity index (χ1v) is 7.94. The Kier molecular flexibility index (Phi) is 5.64. The molecule has 4 nitrogen and oxygen atoms in total. The predicted molar refractivity (Wildman–Crippen MR) is 77.8 cm³/mol. The number of hydrogen-bond acceptors (Lipinski definition) is 3. The number of carbonyl (C=O) groups excluding carboxylic acids is 1. The number of hydrogen-bond donors (Lipinski definition) is 2. The van der Waals surface area contributed by atoms with Crippen LogP contribution in [0.3, 0.4) is 0 Å². The third-order valence-electron chi connectivity index (χ3n) is 4.81. The quantitative estimate of drug-likeness (QED) is 0.808. The van der Waals surface area contributed by atoms with E-state index >= 15 is 0 Å². The van der Waals surface area contributed by atoms with Crippen molar-refractivity contribution in [3.8, 4) is 0 Å². The van der Waals surface area contributed by atoms with E-state index in [-0.39, 0.29) is 17.9 Å². The Bertz CT molecular complexity index is 289. The van der Waals surface area contributed by atoms with E-state index in [2.05, 4.69) is 17.1 Å². The number of rotatable bonds is 4. The Morgan fingerprint density at radius 2 is 1.95 bits per heavy atom. The number of amides is 1. The van der Waals surface area contributed by atoms with Gasteiger partial charge in [0.25, 0.3) is 0 Å². The summed E-state index contributed by atoms with van der Waals surface area (Å²) in [4.78, 5) is 14.6. The van der Waals surface area contributed by atoms with Crippen molar-refractivity contribution in [1.82, 2.24) is 10.2 Å². The minimum atomic E-state index is 0.0325. The molecule has 0 spiro atoms. The van der Waals surface area contributed by atoms with Gasteiger partial charge in [0.1, 0.15) is 0 Å². The average Bonchev–Trinajstić information content (AvgIpc) is 2.43. The van der Waals surface area contributed by atoms with Crippen LogP contribution in [0.15, 0.2) is 0 Å². The minimum Gasteiger partial charge on any atom is -0.355 e. The van der Waals surface area contributed by atoms with E-state index in [0.29, 0.717) is 5.92 Å². The first kappa shape index (κ1) is 14.8. The summed E-state index contributed by atoms with van der Waals surface area (Å²) in [7, 11) is 0. The number of likely N-dealkylation sites (tertiary alicyclic amines) is 1. The van der Waals surface area contributed by atoms with Gasteiger partial charge in [-0.3, -0.25) is 4.79 Å². The summed E-state index contributed by atoms with van der Waals surface area (Å²) < 4.78 is 0. The molecule has 110 valence electrons. The van der Waals surface area contributed by atoms with E-state index in [4.69, 9.17) is 5.73 Å². The van der Waals surface area contributed by atoms with Gasteiger partial charge in [-0.25, -0.2) is 0 Å². The molecule has 2 rings (SSSR count). The molecule has 0 aromatic rings. The van der Waals surface area contributed by atoms with E-state index < -0.39 is 0 Å². The van der Waals surface area contributed by atoms with Crippen LogP contribution in [0.25, 0.3) is 0 Å². The molecule has 0 aromatic carbocycles. The molecule has 2 fully saturated rings. The Labute approximate surface area is 117 Å². The Balaban J connectivity index is 1.68. The van der Waals surface area contributed by atoms with E-state index in [1.807, 2.05) is 0 Å². The van der Waals surface area contributed by atoms with Crippen molar-refractivity contribution in [3.05, 3.63) is 0 Å². The molecular weight excluding hydrogens is 238 g/mol. The summed E-state index contributed by atoms with van der Waals surface area (Å²) in [6.07, 6.45) is 7.23. The predicted octanol–water partition coefficient (Wildman–Crippen LogP) is 1.35. The highest BCUT2D eigenvalue weighted by Crippen LogP contribution is 2.27. The molecular formula is C15H29N3O. The molecule has 3 unspecified atom stereocenters. The second-order valence-electron chi connectivity index (χ2n) is 6.29. The summed E-state index contributed by atoms with van der Waals surface area (Å²) in [6, 6.07) is 0.0451. The Morgan fingerprint density at radius 1 is 1.21 bits per heavy atom. The van der Waals surface area contributed by atoms with Crippen molar-refractivity contribution < 1.29 is 4.79 Å². The fourth-order valence-electron chi connectivity index (χ4n) is 3.40. The molecule has 0 aromatic heterocycles. The molecule has 2 aliphatic rings. The zero-order valence-corrected chi connectivity index (χ0v) is 12.2. The monoisotopic (exact) mass is 267 g/mol. The molecule has 3 atom stereocenters. The van der Waals surface area contributed by atoms with E-state index in [9.17, 15) is 4.79 Å². The number of nitrogens with zero attached hydrogens (tertiary/aromatic N) is 1. The van der Waals surface area contributed by atoms with Gasteiger partial charge in [0, 0.05) is 19.1 Å². The first-order valence-electron chi connectivity index (χ1n) is 7.94. The molecule has 0 bridgehead atoms. The Morgan fingerprint density at radius 3 is 2.68 bits per heavy atom. The molecule has 1 saturated carbocycles. The average molecular weight is 267 g/mol. The van der Waals surface area contributed by atoms with Crippen molar-refractivity contribution in [2.45, 2.75) is 51.5 Å². The molecule has 1 saturated heterocycles. The van der Waals surface area contributed by atoms with Crippen LogP contribution < -0.4 is 11.1 Å².